The molecule has 1 fully saturated rings. The van der Waals surface area contributed by atoms with Crippen molar-refractivity contribution >= 4 is 69.1 Å². The van der Waals surface area contributed by atoms with Crippen molar-refractivity contribution in [1.82, 2.24) is 20.2 Å². The fraction of sp³-hybridized carbons (Fsp3) is 0.222. The monoisotopic (exact) mass is 514 g/mol. The Kier molecular flexibility index (Phi) is 7.97. The summed E-state index contributed by atoms with van der Waals surface area (Å²) in [5.74, 6) is -2.63. The molecule has 0 bridgehead atoms. The number of oxime groups is 1. The first-order chi connectivity index (χ1) is 15.3. The van der Waals surface area contributed by atoms with Crippen LogP contribution in [0.4, 0.5) is 5.13 Å². The Morgan fingerprint density at radius 3 is 2.73 bits per heavy atom. The number of rotatable bonds is 6. The van der Waals surface area contributed by atoms with Crippen LogP contribution >= 0.6 is 34.4 Å². The molecule has 2 aromatic rings. The Labute approximate surface area is 221 Å². The number of hydrogen-bond acceptors (Lipinski definition) is 12. The molecule has 11 nitrogen and oxygen atoms in total. The molecule has 2 aliphatic heterocycles. The van der Waals surface area contributed by atoms with Crippen molar-refractivity contribution in [2.75, 3.05) is 11.5 Å². The number of hydrogen-bond donors (Lipinski definition) is 3. The van der Waals surface area contributed by atoms with Crippen LogP contribution in [0.1, 0.15) is 16.3 Å². The van der Waals surface area contributed by atoms with Gasteiger partial charge in [-0.05, 0) is 18.6 Å². The van der Waals surface area contributed by atoms with E-state index in [4.69, 9.17) is 5.73 Å². The van der Waals surface area contributed by atoms with Crippen LogP contribution in [0.3, 0.4) is 0 Å². The quantitative estimate of drug-likeness (QED) is 0.118. The third-order valence-electron chi connectivity index (χ3n) is 4.78. The van der Waals surface area contributed by atoms with Crippen LogP contribution < -0.4 is 45.7 Å². The Morgan fingerprint density at radius 1 is 1.39 bits per heavy atom. The molecule has 0 radical (unpaired) electrons. The zero-order valence-corrected chi connectivity index (χ0v) is 21.8. The first-order valence-corrected chi connectivity index (χ1v) is 11.8. The van der Waals surface area contributed by atoms with Gasteiger partial charge in [0.2, 0.25) is 0 Å². The maximum absolute atomic E-state index is 12.7. The van der Waals surface area contributed by atoms with E-state index >= 15 is 0 Å². The summed E-state index contributed by atoms with van der Waals surface area (Å²) in [4.78, 5) is 47.1. The van der Waals surface area contributed by atoms with E-state index in [2.05, 4.69) is 20.4 Å². The van der Waals surface area contributed by atoms with Crippen molar-refractivity contribution in [2.24, 2.45) is 5.16 Å². The van der Waals surface area contributed by atoms with Crippen molar-refractivity contribution in [3.05, 3.63) is 44.5 Å². The zero-order valence-electron chi connectivity index (χ0n) is 17.3. The molecule has 15 heteroatoms. The Morgan fingerprint density at radius 2 is 2.15 bits per heavy atom. The number of carbonyl (C=O) groups excluding carboxylic acids is 3. The molecular formula is C18H15N6NaO5S3. The molecule has 2 aromatic heterocycles. The third-order valence-corrected chi connectivity index (χ3v) is 7.65. The summed E-state index contributed by atoms with van der Waals surface area (Å²) < 4.78 is 0. The van der Waals surface area contributed by atoms with Gasteiger partial charge < -0.3 is 26.2 Å². The number of thiazole rings is 2. The Hall–Kier alpha value is -2.23. The maximum atomic E-state index is 12.7. The predicted octanol–water partition coefficient (Wildman–Crippen LogP) is -3.21. The number of nitrogen functional groups attached to an aromatic ring is 1. The van der Waals surface area contributed by atoms with Gasteiger partial charge in [-0.25, -0.2) is 9.97 Å². The summed E-state index contributed by atoms with van der Waals surface area (Å²) in [6.07, 6.45) is 3.39. The van der Waals surface area contributed by atoms with Crippen LogP contribution in [0, 0.1) is 6.92 Å². The molecule has 4 heterocycles. The van der Waals surface area contributed by atoms with Gasteiger partial charge in [-0.15, -0.1) is 34.4 Å². The molecule has 2 atom stereocenters. The number of β-lactam (4-membered cyclic amide) rings is 1. The minimum atomic E-state index is -1.48. The number of anilines is 1. The second-order valence-electron chi connectivity index (χ2n) is 6.68. The number of allylic oxidation sites excluding steroid dienone is 1. The van der Waals surface area contributed by atoms with Crippen LogP contribution in [0.25, 0.3) is 6.08 Å². The minimum absolute atomic E-state index is 0. The predicted molar refractivity (Wildman–Crippen MR) is 118 cm³/mol. The van der Waals surface area contributed by atoms with Gasteiger partial charge in [0.1, 0.15) is 17.1 Å². The SMILES string of the molecule is Cc1ncsc1C=CC1=C(C(=O)[O-])N2C(=O)C(NC(=O)C(=NO)c3csc(N)n3)[C@@H]2SC1.[Na+]. The molecule has 4 rings (SSSR count). The summed E-state index contributed by atoms with van der Waals surface area (Å²) in [6, 6.07) is -0.996. The van der Waals surface area contributed by atoms with Crippen molar-refractivity contribution in [2.45, 2.75) is 18.3 Å². The van der Waals surface area contributed by atoms with E-state index in [9.17, 15) is 24.7 Å². The molecule has 0 spiro atoms. The largest absolute Gasteiger partial charge is 1.00 e. The first-order valence-electron chi connectivity index (χ1n) is 9.03. The molecule has 0 saturated carbocycles. The van der Waals surface area contributed by atoms with Crippen molar-refractivity contribution < 1.29 is 54.3 Å². The van der Waals surface area contributed by atoms with Gasteiger partial charge in [0.05, 0.1) is 22.9 Å². The molecule has 1 unspecified atom stereocenters. The molecule has 1 saturated heterocycles. The van der Waals surface area contributed by atoms with Crippen molar-refractivity contribution in [1.29, 1.82) is 0 Å². The summed E-state index contributed by atoms with van der Waals surface area (Å²) >= 11 is 3.77. The average Bonchev–Trinajstić information content (AvgIpc) is 3.37. The van der Waals surface area contributed by atoms with E-state index < -0.39 is 34.9 Å². The van der Waals surface area contributed by atoms with Crippen molar-refractivity contribution in [3.63, 3.8) is 0 Å². The molecule has 0 aromatic carbocycles. The van der Waals surface area contributed by atoms with Gasteiger partial charge in [0.25, 0.3) is 11.8 Å². The number of nitrogens with one attached hydrogen (secondary N) is 1. The topological polar surface area (TPSA) is 174 Å². The number of thioether (sulfide) groups is 1. The van der Waals surface area contributed by atoms with Gasteiger partial charge in [-0.1, -0.05) is 11.2 Å². The smallest absolute Gasteiger partial charge is 0.543 e. The molecule has 2 aliphatic rings. The second kappa shape index (κ2) is 10.4. The van der Waals surface area contributed by atoms with Gasteiger partial charge in [-0.2, -0.15) is 0 Å². The van der Waals surface area contributed by atoms with Gasteiger partial charge in [0, 0.05) is 16.0 Å². The first kappa shape index (κ1) is 25.4. The molecular weight excluding hydrogens is 499 g/mol. The number of nitrogens with two attached hydrogens (primary N) is 1. The number of fused-ring (bicyclic) bond motifs is 1. The van der Waals surface area contributed by atoms with E-state index in [0.29, 0.717) is 11.3 Å². The molecule has 2 amide bonds. The standard InChI is InChI=1S/C18H16N6O5S3.Na/c1-7-10(32-6-20-7)3-2-8-4-30-16-12(15(26)24(16)13(8)17(27)28)22-14(25)11(23-29)9-5-31-18(19)21-9;/h2-3,5-6,12,16,29H,4H2,1H3,(H2,19,21)(H,22,25)(H,27,28);/q;+1/p-1/t12?,16-;/m0./s1. The van der Waals surface area contributed by atoms with Crippen LogP contribution in [-0.2, 0) is 14.4 Å². The number of aryl methyl sites for hydroxylation is 1. The normalized spacial score (nSPS) is 20.3. The Balaban J connectivity index is 0.00000306. The summed E-state index contributed by atoms with van der Waals surface area (Å²) in [6.45, 7) is 1.84. The number of nitrogens with zero attached hydrogens (tertiary/aromatic N) is 4. The van der Waals surface area contributed by atoms with Gasteiger partial charge in [0.15, 0.2) is 10.8 Å². The molecule has 4 N–H and O–H groups in total. The summed E-state index contributed by atoms with van der Waals surface area (Å²) in [5.41, 5.74) is 7.90. The van der Waals surface area contributed by atoms with E-state index in [0.717, 1.165) is 26.8 Å². The number of carboxylic acid groups (broad SMARTS) is 1. The van der Waals surface area contributed by atoms with Gasteiger partial charge >= 0.3 is 29.6 Å². The van der Waals surface area contributed by atoms with Crippen molar-refractivity contribution in [3.8, 4) is 0 Å². The number of carboxylic acids is 1. The number of aromatic nitrogens is 2. The minimum Gasteiger partial charge on any atom is -0.543 e. The van der Waals surface area contributed by atoms with Crippen LogP contribution in [0.2, 0.25) is 0 Å². The van der Waals surface area contributed by atoms with E-state index in [1.54, 1.807) is 17.7 Å². The van der Waals surface area contributed by atoms with Gasteiger partial charge in [-0.3, -0.25) is 14.5 Å². The van der Waals surface area contributed by atoms with E-state index in [1.807, 2.05) is 6.92 Å². The fourth-order valence-corrected chi connectivity index (χ4v) is 5.79. The number of amides is 2. The molecule has 166 valence electrons. The number of carbonyl (C=O) groups is 3. The Bertz CT molecular complexity index is 1210. The van der Waals surface area contributed by atoms with E-state index in [1.165, 1.54) is 28.5 Å². The van der Waals surface area contributed by atoms with Crippen LogP contribution in [0.5, 0.6) is 0 Å². The van der Waals surface area contributed by atoms with Crippen LogP contribution in [-0.4, -0.2) is 60.7 Å². The third kappa shape index (κ3) is 4.85. The fourth-order valence-electron chi connectivity index (χ4n) is 3.23. The summed E-state index contributed by atoms with van der Waals surface area (Å²) in [5, 5.41) is 27.5. The second-order valence-corrected chi connectivity index (χ2v) is 9.56. The van der Waals surface area contributed by atoms with E-state index in [-0.39, 0.29) is 46.1 Å². The maximum Gasteiger partial charge on any atom is 1.00 e. The van der Waals surface area contributed by atoms with Crippen LogP contribution in [0.15, 0.2) is 33.4 Å². The summed E-state index contributed by atoms with van der Waals surface area (Å²) in [7, 11) is 0. The zero-order chi connectivity index (χ0) is 23.0. The number of aliphatic carboxylic acids is 1. The molecule has 0 aliphatic carbocycles. The average molecular weight is 515 g/mol. The molecule has 33 heavy (non-hydrogen) atoms.